The van der Waals surface area contributed by atoms with Gasteiger partial charge in [-0.05, 0) is 62.4 Å². The molecule has 9 heteroatoms. The van der Waals surface area contributed by atoms with Gasteiger partial charge in [-0.1, -0.05) is 61.2 Å². The van der Waals surface area contributed by atoms with Crippen LogP contribution in [0.25, 0.3) is 0 Å². The first-order valence-electron chi connectivity index (χ1n) is 12.4. The Morgan fingerprint density at radius 3 is 2.36 bits per heavy atom. The molecule has 36 heavy (non-hydrogen) atoms. The number of benzene rings is 2. The zero-order chi connectivity index (χ0) is 26.5. The van der Waals surface area contributed by atoms with Gasteiger partial charge in [-0.15, -0.1) is 0 Å². The van der Waals surface area contributed by atoms with Crippen molar-refractivity contribution in [2.75, 3.05) is 17.1 Å². The van der Waals surface area contributed by atoms with Gasteiger partial charge in [0.05, 0.1) is 11.9 Å². The van der Waals surface area contributed by atoms with Gasteiger partial charge < -0.3 is 10.2 Å². The molecule has 0 bridgehead atoms. The van der Waals surface area contributed by atoms with Crippen LogP contribution in [0.4, 0.5) is 5.69 Å². The van der Waals surface area contributed by atoms with Crippen LogP contribution in [0, 0.1) is 13.8 Å². The molecule has 196 valence electrons. The normalized spacial score (nSPS) is 15.2. The number of halogens is 1. The molecule has 0 heterocycles. The van der Waals surface area contributed by atoms with E-state index >= 15 is 0 Å². The Morgan fingerprint density at radius 1 is 1.06 bits per heavy atom. The maximum absolute atomic E-state index is 13.7. The zero-order valence-electron chi connectivity index (χ0n) is 21.5. The number of rotatable bonds is 9. The van der Waals surface area contributed by atoms with Gasteiger partial charge in [-0.3, -0.25) is 13.9 Å². The van der Waals surface area contributed by atoms with Crippen LogP contribution in [-0.4, -0.2) is 50.0 Å². The van der Waals surface area contributed by atoms with E-state index in [1.54, 1.807) is 26.0 Å². The van der Waals surface area contributed by atoms with Gasteiger partial charge in [0.2, 0.25) is 21.8 Å². The van der Waals surface area contributed by atoms with Crippen molar-refractivity contribution >= 4 is 39.1 Å². The first-order chi connectivity index (χ1) is 17.0. The van der Waals surface area contributed by atoms with Crippen LogP contribution in [0.15, 0.2) is 42.5 Å². The average Bonchev–Trinajstić information content (AvgIpc) is 2.83. The molecule has 0 saturated heterocycles. The van der Waals surface area contributed by atoms with Crippen LogP contribution in [-0.2, 0) is 26.2 Å². The predicted molar refractivity (Wildman–Crippen MR) is 145 cm³/mol. The summed E-state index contributed by atoms with van der Waals surface area (Å²) in [6.07, 6.45) is 6.25. The van der Waals surface area contributed by atoms with Crippen molar-refractivity contribution in [2.45, 2.75) is 71.5 Å². The molecule has 1 aliphatic carbocycles. The van der Waals surface area contributed by atoms with E-state index in [-0.39, 0.29) is 18.5 Å². The van der Waals surface area contributed by atoms with Crippen LogP contribution in [0.5, 0.6) is 0 Å². The Labute approximate surface area is 219 Å². The van der Waals surface area contributed by atoms with E-state index < -0.39 is 28.5 Å². The number of nitrogens with zero attached hydrogens (tertiary/aromatic N) is 2. The summed E-state index contributed by atoms with van der Waals surface area (Å²) in [4.78, 5) is 28.4. The van der Waals surface area contributed by atoms with Gasteiger partial charge in [0.25, 0.3) is 0 Å². The van der Waals surface area contributed by atoms with Crippen molar-refractivity contribution in [3.8, 4) is 0 Å². The van der Waals surface area contributed by atoms with Gasteiger partial charge >= 0.3 is 0 Å². The van der Waals surface area contributed by atoms with E-state index in [1.807, 2.05) is 31.2 Å². The summed E-state index contributed by atoms with van der Waals surface area (Å²) >= 11 is 6.15. The largest absolute Gasteiger partial charge is 0.352 e. The van der Waals surface area contributed by atoms with Crippen molar-refractivity contribution in [1.82, 2.24) is 10.2 Å². The molecule has 1 atom stereocenters. The lowest BCUT2D eigenvalue weighted by Crippen LogP contribution is -2.53. The summed E-state index contributed by atoms with van der Waals surface area (Å²) in [7, 11) is -3.81. The molecular formula is C27H36ClN3O4S. The molecule has 2 aromatic carbocycles. The molecule has 7 nitrogen and oxygen atoms in total. The SMILES string of the molecule is Cc1ccccc1CN(C(=O)CN(c1cc(Cl)ccc1C)S(C)(=O)=O)[C@H](C)C(=O)NC1CCCCC1. The van der Waals surface area contributed by atoms with Crippen LogP contribution >= 0.6 is 11.6 Å². The third-order valence-corrected chi connectivity index (χ3v) is 8.20. The number of sulfonamides is 1. The number of carbonyl (C=O) groups excluding carboxylic acids is 2. The minimum Gasteiger partial charge on any atom is -0.352 e. The van der Waals surface area contributed by atoms with E-state index in [4.69, 9.17) is 11.6 Å². The molecule has 2 amide bonds. The summed E-state index contributed by atoms with van der Waals surface area (Å²) in [5.41, 5.74) is 2.90. The minimum atomic E-state index is -3.81. The molecule has 1 N–H and O–H groups in total. The maximum Gasteiger partial charge on any atom is 0.244 e. The smallest absolute Gasteiger partial charge is 0.244 e. The molecular weight excluding hydrogens is 498 g/mol. The van der Waals surface area contributed by atoms with Crippen LogP contribution < -0.4 is 9.62 Å². The van der Waals surface area contributed by atoms with E-state index in [0.29, 0.717) is 16.3 Å². The Kier molecular flexibility index (Phi) is 9.41. The van der Waals surface area contributed by atoms with Crippen molar-refractivity contribution in [1.29, 1.82) is 0 Å². The Morgan fingerprint density at radius 2 is 1.72 bits per heavy atom. The summed E-state index contributed by atoms with van der Waals surface area (Å²) < 4.78 is 26.6. The fraction of sp³-hybridized carbons (Fsp3) is 0.481. The molecule has 0 radical (unpaired) electrons. The molecule has 0 aromatic heterocycles. The molecule has 0 unspecified atom stereocenters. The number of hydrogen-bond donors (Lipinski definition) is 1. The van der Waals surface area contributed by atoms with Crippen molar-refractivity contribution < 1.29 is 18.0 Å². The Balaban J connectivity index is 1.91. The van der Waals surface area contributed by atoms with Crippen molar-refractivity contribution in [3.05, 3.63) is 64.2 Å². The lowest BCUT2D eigenvalue weighted by Gasteiger charge is -2.33. The van der Waals surface area contributed by atoms with Gasteiger partial charge in [0, 0.05) is 17.6 Å². The van der Waals surface area contributed by atoms with Gasteiger partial charge in [0.15, 0.2) is 0 Å². The number of anilines is 1. The maximum atomic E-state index is 13.7. The zero-order valence-corrected chi connectivity index (χ0v) is 23.0. The fourth-order valence-corrected chi connectivity index (χ4v) is 5.63. The molecule has 1 saturated carbocycles. The number of hydrogen-bond acceptors (Lipinski definition) is 4. The highest BCUT2D eigenvalue weighted by molar-refractivity contribution is 7.92. The summed E-state index contributed by atoms with van der Waals surface area (Å²) in [6.45, 7) is 5.16. The molecule has 1 aliphatic rings. The van der Waals surface area contributed by atoms with Crippen LogP contribution in [0.3, 0.4) is 0 Å². The van der Waals surface area contributed by atoms with Crippen LogP contribution in [0.1, 0.15) is 55.7 Å². The summed E-state index contributed by atoms with van der Waals surface area (Å²) in [5, 5.41) is 3.47. The second-order valence-corrected chi connectivity index (χ2v) is 12.0. The summed E-state index contributed by atoms with van der Waals surface area (Å²) in [6, 6.07) is 11.9. The monoisotopic (exact) mass is 533 g/mol. The first kappa shape index (κ1) is 28.0. The second-order valence-electron chi connectivity index (χ2n) is 9.67. The highest BCUT2D eigenvalue weighted by atomic mass is 35.5. The number of amides is 2. The quantitative estimate of drug-likeness (QED) is 0.511. The van der Waals surface area contributed by atoms with E-state index in [1.165, 1.54) is 17.4 Å². The highest BCUT2D eigenvalue weighted by Crippen LogP contribution is 2.27. The number of carbonyl (C=O) groups is 2. The van der Waals surface area contributed by atoms with E-state index in [9.17, 15) is 18.0 Å². The predicted octanol–water partition coefficient (Wildman–Crippen LogP) is 4.59. The topological polar surface area (TPSA) is 86.8 Å². The third-order valence-electron chi connectivity index (χ3n) is 6.84. The standard InChI is InChI=1S/C27H36ClN3O4S/c1-19-10-8-9-11-22(19)17-30(21(3)27(33)29-24-12-6-5-7-13-24)26(32)18-31(36(4,34)35)25-16-23(28)15-14-20(25)2/h8-11,14-16,21,24H,5-7,12-13,17-18H2,1-4H3,(H,29,33)/t21-/m1/s1. The lowest BCUT2D eigenvalue weighted by atomic mass is 9.95. The minimum absolute atomic E-state index is 0.103. The van der Waals surface area contributed by atoms with E-state index in [0.717, 1.165) is 47.4 Å². The summed E-state index contributed by atoms with van der Waals surface area (Å²) in [5.74, 6) is -0.692. The second kappa shape index (κ2) is 12.1. The van der Waals surface area contributed by atoms with Crippen molar-refractivity contribution in [3.63, 3.8) is 0 Å². The third kappa shape index (κ3) is 7.23. The molecule has 0 aliphatic heterocycles. The van der Waals surface area contributed by atoms with Gasteiger partial charge in [0.1, 0.15) is 12.6 Å². The Bertz CT molecular complexity index is 1200. The molecule has 0 spiro atoms. The number of aryl methyl sites for hydroxylation is 2. The van der Waals surface area contributed by atoms with Gasteiger partial charge in [-0.25, -0.2) is 8.42 Å². The fourth-order valence-electron chi connectivity index (χ4n) is 4.57. The number of nitrogens with one attached hydrogen (secondary N) is 1. The molecule has 3 rings (SSSR count). The van der Waals surface area contributed by atoms with Gasteiger partial charge in [-0.2, -0.15) is 0 Å². The first-order valence-corrected chi connectivity index (χ1v) is 14.6. The molecule has 2 aromatic rings. The average molecular weight is 534 g/mol. The van der Waals surface area contributed by atoms with Crippen molar-refractivity contribution in [2.24, 2.45) is 0 Å². The Hall–Kier alpha value is -2.58. The molecule has 1 fully saturated rings. The lowest BCUT2D eigenvalue weighted by molar-refractivity contribution is -0.139. The van der Waals surface area contributed by atoms with Crippen LogP contribution in [0.2, 0.25) is 5.02 Å². The highest BCUT2D eigenvalue weighted by Gasteiger charge is 2.31. The van der Waals surface area contributed by atoms with E-state index in [2.05, 4.69) is 5.32 Å².